The molecule has 2 aliphatic heterocycles. The van der Waals surface area contributed by atoms with Crippen LogP contribution in [-0.4, -0.2) is 62.0 Å². The van der Waals surface area contributed by atoms with E-state index in [4.69, 9.17) is 14.2 Å². The Bertz CT molecular complexity index is 367. The molecule has 0 aromatic heterocycles. The molecule has 5 nitrogen and oxygen atoms in total. The lowest BCUT2D eigenvalue weighted by atomic mass is 9.83. The van der Waals surface area contributed by atoms with Crippen molar-refractivity contribution in [2.75, 3.05) is 33.4 Å². The molecule has 5 heteroatoms. The summed E-state index contributed by atoms with van der Waals surface area (Å²) in [4.78, 5) is 13.9. The number of carbonyl (C=O) groups is 1. The molecule has 2 saturated heterocycles. The fourth-order valence-electron chi connectivity index (χ4n) is 4.02. The molecule has 3 fully saturated rings. The summed E-state index contributed by atoms with van der Waals surface area (Å²) in [6.45, 7) is 3.01. The van der Waals surface area contributed by atoms with Crippen molar-refractivity contribution in [2.45, 2.75) is 62.8 Å². The van der Waals surface area contributed by atoms with Gasteiger partial charge in [-0.2, -0.15) is 0 Å². The van der Waals surface area contributed by atoms with Crippen molar-refractivity contribution < 1.29 is 19.0 Å². The zero-order chi connectivity index (χ0) is 14.7. The molecular weight excluding hydrogens is 270 g/mol. The van der Waals surface area contributed by atoms with E-state index in [1.54, 1.807) is 0 Å². The lowest BCUT2D eigenvalue weighted by Gasteiger charge is -2.36. The van der Waals surface area contributed by atoms with E-state index in [0.29, 0.717) is 19.3 Å². The number of morpholine rings is 1. The molecule has 1 saturated carbocycles. The van der Waals surface area contributed by atoms with E-state index in [1.807, 2.05) is 0 Å². The summed E-state index contributed by atoms with van der Waals surface area (Å²) in [6.07, 6.45) is 8.70. The van der Waals surface area contributed by atoms with Crippen molar-refractivity contribution in [1.82, 2.24) is 4.90 Å². The smallest absolute Gasteiger partial charge is 0.336 e. The number of hydrogen-bond donors (Lipinski definition) is 0. The normalized spacial score (nSPS) is 33.2. The van der Waals surface area contributed by atoms with Gasteiger partial charge in [0.15, 0.2) is 6.10 Å². The fraction of sp³-hybridized carbons (Fsp3) is 0.938. The number of methoxy groups -OCH3 is 1. The minimum atomic E-state index is -0.436. The topological polar surface area (TPSA) is 48.0 Å². The highest BCUT2D eigenvalue weighted by atomic mass is 16.6. The predicted molar refractivity (Wildman–Crippen MR) is 78.1 cm³/mol. The summed E-state index contributed by atoms with van der Waals surface area (Å²) in [6, 6.07) is 0. The van der Waals surface area contributed by atoms with Crippen molar-refractivity contribution >= 4 is 5.97 Å². The number of esters is 1. The highest BCUT2D eigenvalue weighted by Gasteiger charge is 2.41. The minimum absolute atomic E-state index is 0.178. The average molecular weight is 297 g/mol. The number of nitrogens with zero attached hydrogens (tertiary/aromatic N) is 1. The molecule has 0 aromatic carbocycles. The highest BCUT2D eigenvalue weighted by molar-refractivity contribution is 5.74. The summed E-state index contributed by atoms with van der Waals surface area (Å²) in [7, 11) is 1.41. The van der Waals surface area contributed by atoms with Gasteiger partial charge in [0.25, 0.3) is 0 Å². The van der Waals surface area contributed by atoms with Gasteiger partial charge in [0.05, 0.1) is 25.4 Å². The summed E-state index contributed by atoms with van der Waals surface area (Å²) in [5, 5.41) is 0. The van der Waals surface area contributed by atoms with E-state index in [9.17, 15) is 4.79 Å². The molecule has 1 aliphatic carbocycles. The summed E-state index contributed by atoms with van der Waals surface area (Å²) in [5.41, 5.74) is 0.178. The Hall–Kier alpha value is -0.650. The van der Waals surface area contributed by atoms with Crippen molar-refractivity contribution in [2.24, 2.45) is 0 Å². The standard InChI is InChI=1S/C16H27NO4/c1-19-15(18)14-12-17(9-10-20-14)11-13-5-8-16(21-13)6-3-2-4-7-16/h13-14H,2-12H2,1H3. The average Bonchev–Trinajstić information content (AvgIpc) is 2.89. The van der Waals surface area contributed by atoms with Gasteiger partial charge < -0.3 is 14.2 Å². The second-order valence-electron chi connectivity index (χ2n) is 6.66. The van der Waals surface area contributed by atoms with Crippen molar-refractivity contribution in [1.29, 1.82) is 0 Å². The molecule has 21 heavy (non-hydrogen) atoms. The van der Waals surface area contributed by atoms with Crippen LogP contribution >= 0.6 is 0 Å². The van der Waals surface area contributed by atoms with Crippen LogP contribution < -0.4 is 0 Å². The second kappa shape index (κ2) is 6.63. The van der Waals surface area contributed by atoms with E-state index in [0.717, 1.165) is 19.5 Å². The third-order valence-corrected chi connectivity index (χ3v) is 5.18. The Balaban J connectivity index is 1.49. The summed E-state index contributed by atoms with van der Waals surface area (Å²) >= 11 is 0. The van der Waals surface area contributed by atoms with Gasteiger partial charge >= 0.3 is 5.97 Å². The monoisotopic (exact) mass is 297 g/mol. The van der Waals surface area contributed by atoms with E-state index < -0.39 is 6.10 Å². The Morgan fingerprint density at radius 2 is 2.10 bits per heavy atom. The van der Waals surface area contributed by atoms with Crippen LogP contribution in [0.4, 0.5) is 0 Å². The number of ether oxygens (including phenoxy) is 3. The molecule has 0 amide bonds. The first kappa shape index (κ1) is 15.3. The largest absolute Gasteiger partial charge is 0.467 e. The molecule has 2 heterocycles. The molecule has 3 rings (SSSR count). The van der Waals surface area contributed by atoms with Crippen molar-refractivity contribution in [3.8, 4) is 0 Å². The van der Waals surface area contributed by atoms with Crippen LogP contribution in [0.25, 0.3) is 0 Å². The molecule has 2 unspecified atom stereocenters. The van der Waals surface area contributed by atoms with Gasteiger partial charge in [0, 0.05) is 19.6 Å². The van der Waals surface area contributed by atoms with Crippen LogP contribution in [0.2, 0.25) is 0 Å². The molecule has 0 N–H and O–H groups in total. The van der Waals surface area contributed by atoms with E-state index in [-0.39, 0.29) is 11.6 Å². The Morgan fingerprint density at radius 1 is 1.29 bits per heavy atom. The maximum Gasteiger partial charge on any atom is 0.336 e. The first-order valence-corrected chi connectivity index (χ1v) is 8.30. The Labute approximate surface area is 126 Å². The van der Waals surface area contributed by atoms with Crippen molar-refractivity contribution in [3.05, 3.63) is 0 Å². The molecule has 0 aromatic rings. The van der Waals surface area contributed by atoms with Gasteiger partial charge in [-0.05, 0) is 25.7 Å². The van der Waals surface area contributed by atoms with Gasteiger partial charge in [-0.25, -0.2) is 4.79 Å². The van der Waals surface area contributed by atoms with Crippen LogP contribution in [0.3, 0.4) is 0 Å². The molecule has 1 spiro atoms. The molecule has 0 bridgehead atoms. The third-order valence-electron chi connectivity index (χ3n) is 5.18. The minimum Gasteiger partial charge on any atom is -0.467 e. The second-order valence-corrected chi connectivity index (χ2v) is 6.66. The summed E-state index contributed by atoms with van der Waals surface area (Å²) in [5.74, 6) is -0.268. The van der Waals surface area contributed by atoms with Crippen LogP contribution in [0, 0.1) is 0 Å². The van der Waals surface area contributed by atoms with Crippen molar-refractivity contribution in [3.63, 3.8) is 0 Å². The lowest BCUT2D eigenvalue weighted by molar-refractivity contribution is -0.161. The fourth-order valence-corrected chi connectivity index (χ4v) is 4.02. The Morgan fingerprint density at radius 3 is 2.86 bits per heavy atom. The van der Waals surface area contributed by atoms with Crippen LogP contribution in [-0.2, 0) is 19.0 Å². The van der Waals surface area contributed by atoms with Gasteiger partial charge in [-0.3, -0.25) is 4.90 Å². The SMILES string of the molecule is COC(=O)C1CN(CC2CCC3(CCCCC3)O2)CCO1. The van der Waals surface area contributed by atoms with Gasteiger partial charge in [-0.15, -0.1) is 0 Å². The molecule has 120 valence electrons. The first-order chi connectivity index (χ1) is 10.2. The molecule has 3 aliphatic rings. The van der Waals surface area contributed by atoms with Gasteiger partial charge in [0.2, 0.25) is 0 Å². The zero-order valence-corrected chi connectivity index (χ0v) is 13.0. The van der Waals surface area contributed by atoms with E-state index >= 15 is 0 Å². The first-order valence-electron chi connectivity index (χ1n) is 8.30. The molecule has 0 radical (unpaired) electrons. The molecular formula is C16H27NO4. The number of rotatable bonds is 3. The highest BCUT2D eigenvalue weighted by Crippen LogP contribution is 2.42. The quantitative estimate of drug-likeness (QED) is 0.743. The number of carbonyl (C=O) groups excluding carboxylic acids is 1. The lowest BCUT2D eigenvalue weighted by Crippen LogP contribution is -2.49. The third kappa shape index (κ3) is 3.58. The Kier molecular flexibility index (Phi) is 4.82. The summed E-state index contributed by atoms with van der Waals surface area (Å²) < 4.78 is 16.7. The molecule has 2 atom stereocenters. The van der Waals surface area contributed by atoms with Crippen LogP contribution in [0.5, 0.6) is 0 Å². The van der Waals surface area contributed by atoms with Gasteiger partial charge in [0.1, 0.15) is 0 Å². The van der Waals surface area contributed by atoms with Gasteiger partial charge in [-0.1, -0.05) is 19.3 Å². The van der Waals surface area contributed by atoms with E-state index in [2.05, 4.69) is 4.90 Å². The maximum atomic E-state index is 11.6. The number of hydrogen-bond acceptors (Lipinski definition) is 5. The van der Waals surface area contributed by atoms with Crippen LogP contribution in [0.1, 0.15) is 44.9 Å². The predicted octanol–water partition coefficient (Wildman–Crippen LogP) is 1.74. The zero-order valence-electron chi connectivity index (χ0n) is 13.0. The van der Waals surface area contributed by atoms with E-state index in [1.165, 1.54) is 45.6 Å². The maximum absolute atomic E-state index is 11.6. The van der Waals surface area contributed by atoms with Crippen LogP contribution in [0.15, 0.2) is 0 Å².